The summed E-state index contributed by atoms with van der Waals surface area (Å²) >= 11 is 0. The Hall–Kier alpha value is -1.22. The van der Waals surface area contributed by atoms with Crippen LogP contribution in [0.1, 0.15) is 223 Å². The summed E-state index contributed by atoms with van der Waals surface area (Å²) in [4.78, 5) is 38.5. The zero-order valence-corrected chi connectivity index (χ0v) is 36.6. The molecule has 2 heterocycles. The van der Waals surface area contributed by atoms with Crippen molar-refractivity contribution < 1.29 is 28.7 Å². The van der Waals surface area contributed by atoms with Crippen molar-refractivity contribution in [2.24, 2.45) is 5.92 Å². The third kappa shape index (κ3) is 18.1. The first-order chi connectivity index (χ1) is 25.1. The molecule has 0 saturated carbocycles. The van der Waals surface area contributed by atoms with E-state index >= 15 is 0 Å². The molecule has 0 bridgehead atoms. The number of nitrogens with zero attached hydrogens (tertiary/aromatic N) is 2. The van der Waals surface area contributed by atoms with Crippen molar-refractivity contribution in [1.29, 1.82) is 0 Å². The van der Waals surface area contributed by atoms with Crippen molar-refractivity contribution in [2.45, 2.75) is 252 Å². The Morgan fingerprint density at radius 3 is 1.28 bits per heavy atom. The first-order valence-corrected chi connectivity index (χ1v) is 22.3. The van der Waals surface area contributed by atoms with Gasteiger partial charge in [0, 0.05) is 41.4 Å². The summed E-state index contributed by atoms with van der Waals surface area (Å²) in [6.45, 7) is 24.1. The van der Waals surface area contributed by atoms with Gasteiger partial charge in [-0.2, -0.15) is 10.1 Å². The van der Waals surface area contributed by atoms with Gasteiger partial charge in [-0.25, -0.2) is 0 Å². The third-order valence-corrected chi connectivity index (χ3v) is 11.5. The fourth-order valence-electron chi connectivity index (χ4n) is 9.25. The molecule has 8 heteroatoms. The number of rotatable bonds is 28. The molecule has 2 saturated heterocycles. The molecule has 53 heavy (non-hydrogen) atoms. The average molecular weight is 751 g/mol. The molecule has 312 valence electrons. The van der Waals surface area contributed by atoms with Gasteiger partial charge in [-0.1, -0.05) is 110 Å². The fourth-order valence-corrected chi connectivity index (χ4v) is 9.25. The van der Waals surface area contributed by atoms with Gasteiger partial charge in [0.15, 0.2) is 0 Å². The number of esters is 2. The first-order valence-electron chi connectivity index (χ1n) is 22.3. The van der Waals surface area contributed by atoms with Crippen molar-refractivity contribution in [3.8, 4) is 0 Å². The van der Waals surface area contributed by atoms with Crippen LogP contribution in [0.2, 0.25) is 0 Å². The second-order valence-corrected chi connectivity index (χ2v) is 19.1. The third-order valence-electron chi connectivity index (χ3n) is 11.5. The molecular weight excluding hydrogens is 665 g/mol. The van der Waals surface area contributed by atoms with Crippen LogP contribution in [-0.4, -0.2) is 70.1 Å². The molecule has 0 aliphatic carbocycles. The highest BCUT2D eigenvalue weighted by atomic mass is 16.7. The summed E-state index contributed by atoms with van der Waals surface area (Å²) in [5.41, 5.74) is -0.836. The van der Waals surface area contributed by atoms with Crippen LogP contribution >= 0.6 is 0 Å². The summed E-state index contributed by atoms with van der Waals surface area (Å²) < 4.78 is 11.8. The van der Waals surface area contributed by atoms with Gasteiger partial charge in [0.05, 0.1) is 25.7 Å². The standard InChI is InChI=1S/C45H86N2O6/c1-11-13-15-17-24-28-32-51-46-42(3,4)34-38(35-43(46,5)6)41(49)50-31-27-23-21-19-20-22-26-30-40(48)53-39-36-44(7,8)47(45(9,10)37-39)52-33-29-25-18-16-14-12-2/h38-39H,11-37H2,1-10H3. The quantitative estimate of drug-likeness (QED) is 0.0578. The Bertz CT molecular complexity index is 975. The van der Waals surface area contributed by atoms with E-state index < -0.39 is 0 Å². The maximum absolute atomic E-state index is 13.1. The molecule has 0 N–H and O–H groups in total. The number of carbonyl (C=O) groups excluding carboxylic acids is 2. The highest BCUT2D eigenvalue weighted by molar-refractivity contribution is 5.73. The molecule has 2 fully saturated rings. The van der Waals surface area contributed by atoms with Gasteiger partial charge in [0.2, 0.25) is 0 Å². The molecule has 0 unspecified atom stereocenters. The van der Waals surface area contributed by atoms with Crippen LogP contribution in [0.4, 0.5) is 0 Å². The minimum Gasteiger partial charge on any atom is -0.465 e. The lowest BCUT2D eigenvalue weighted by Crippen LogP contribution is -2.62. The van der Waals surface area contributed by atoms with Crippen LogP contribution in [0, 0.1) is 5.92 Å². The van der Waals surface area contributed by atoms with E-state index in [1.54, 1.807) is 0 Å². The molecule has 0 atom stereocenters. The van der Waals surface area contributed by atoms with Crippen molar-refractivity contribution in [3.05, 3.63) is 0 Å². The molecule has 0 aromatic carbocycles. The van der Waals surface area contributed by atoms with Gasteiger partial charge in [-0.05, 0) is 93.9 Å². The van der Waals surface area contributed by atoms with Gasteiger partial charge < -0.3 is 9.47 Å². The monoisotopic (exact) mass is 751 g/mol. The smallest absolute Gasteiger partial charge is 0.309 e. The predicted molar refractivity (Wildman–Crippen MR) is 218 cm³/mol. The summed E-state index contributed by atoms with van der Waals surface area (Å²) in [7, 11) is 0. The van der Waals surface area contributed by atoms with Crippen molar-refractivity contribution in [3.63, 3.8) is 0 Å². The van der Waals surface area contributed by atoms with Gasteiger partial charge in [0.25, 0.3) is 0 Å². The van der Waals surface area contributed by atoms with Crippen LogP contribution < -0.4 is 0 Å². The van der Waals surface area contributed by atoms with E-state index in [2.05, 4.69) is 79.4 Å². The lowest BCUT2D eigenvalue weighted by atomic mass is 9.75. The molecule has 0 aromatic rings. The normalized spacial score (nSPS) is 20.4. The molecule has 8 nitrogen and oxygen atoms in total. The molecule has 0 spiro atoms. The Morgan fingerprint density at radius 1 is 0.491 bits per heavy atom. The molecule has 2 rings (SSSR count). The number of hydroxylamine groups is 4. The number of ether oxygens (including phenoxy) is 2. The number of carbonyl (C=O) groups is 2. The van der Waals surface area contributed by atoms with Crippen LogP contribution in [0.15, 0.2) is 0 Å². The summed E-state index contributed by atoms with van der Waals surface area (Å²) in [6.07, 6.45) is 25.8. The fraction of sp³-hybridized carbons (Fsp3) is 0.956. The number of hydrogen-bond acceptors (Lipinski definition) is 8. The van der Waals surface area contributed by atoms with E-state index in [4.69, 9.17) is 19.1 Å². The second-order valence-electron chi connectivity index (χ2n) is 19.1. The van der Waals surface area contributed by atoms with E-state index in [0.29, 0.717) is 13.0 Å². The summed E-state index contributed by atoms with van der Waals surface area (Å²) in [5, 5.41) is 4.34. The Morgan fingerprint density at radius 2 is 0.849 bits per heavy atom. The van der Waals surface area contributed by atoms with Gasteiger partial charge >= 0.3 is 11.9 Å². The highest BCUT2D eigenvalue weighted by Crippen LogP contribution is 2.42. The molecule has 0 amide bonds. The van der Waals surface area contributed by atoms with Crippen molar-refractivity contribution in [2.75, 3.05) is 19.8 Å². The maximum Gasteiger partial charge on any atom is 0.309 e. The van der Waals surface area contributed by atoms with E-state index in [0.717, 1.165) is 96.7 Å². The molecule has 2 aliphatic rings. The van der Waals surface area contributed by atoms with Crippen molar-refractivity contribution in [1.82, 2.24) is 10.1 Å². The minimum atomic E-state index is -0.224. The van der Waals surface area contributed by atoms with Gasteiger partial charge in [-0.3, -0.25) is 19.3 Å². The maximum atomic E-state index is 13.1. The summed E-state index contributed by atoms with van der Waals surface area (Å²) in [5.74, 6) is -0.216. The van der Waals surface area contributed by atoms with Crippen LogP contribution in [0.25, 0.3) is 0 Å². The van der Waals surface area contributed by atoms with E-state index in [1.165, 1.54) is 64.2 Å². The van der Waals surface area contributed by atoms with Crippen LogP contribution in [-0.2, 0) is 28.7 Å². The molecule has 2 aliphatic heterocycles. The van der Waals surface area contributed by atoms with Crippen LogP contribution in [0.5, 0.6) is 0 Å². The minimum absolute atomic E-state index is 0.0527. The zero-order chi connectivity index (χ0) is 39.4. The number of piperidine rings is 2. The van der Waals surface area contributed by atoms with Crippen molar-refractivity contribution >= 4 is 11.9 Å². The highest BCUT2D eigenvalue weighted by Gasteiger charge is 2.49. The lowest BCUT2D eigenvalue weighted by Gasteiger charge is -2.53. The first kappa shape index (κ1) is 47.9. The van der Waals surface area contributed by atoms with Gasteiger partial charge in [0.1, 0.15) is 6.10 Å². The largest absolute Gasteiger partial charge is 0.465 e. The predicted octanol–water partition coefficient (Wildman–Crippen LogP) is 12.1. The zero-order valence-electron chi connectivity index (χ0n) is 36.6. The molecule has 0 radical (unpaired) electrons. The second kappa shape index (κ2) is 24.4. The van der Waals surface area contributed by atoms with E-state index in [9.17, 15) is 9.59 Å². The number of unbranched alkanes of at least 4 members (excludes halogenated alkanes) is 16. The lowest BCUT2D eigenvalue weighted by molar-refractivity contribution is -0.293. The Kier molecular flexibility index (Phi) is 22.1. The SMILES string of the molecule is CCCCCCCCON1C(C)(C)CC(OC(=O)CCCCCCCCCOC(=O)C2CC(C)(C)N(OCCCCCCCC)C(C)(C)C2)CC1(C)C. The molecular formula is C45H86N2O6. The Labute approximate surface area is 327 Å². The van der Waals surface area contributed by atoms with Gasteiger partial charge in [-0.15, -0.1) is 0 Å². The average Bonchev–Trinajstić information content (AvgIpc) is 3.05. The van der Waals surface area contributed by atoms with E-state index in [-0.39, 0.29) is 46.1 Å². The van der Waals surface area contributed by atoms with E-state index in [1.807, 2.05) is 0 Å². The van der Waals surface area contributed by atoms with Crippen LogP contribution in [0.3, 0.4) is 0 Å². The molecule has 0 aromatic heterocycles. The Balaban J connectivity index is 1.55. The number of hydrogen-bond donors (Lipinski definition) is 0. The topological polar surface area (TPSA) is 77.5 Å². The summed E-state index contributed by atoms with van der Waals surface area (Å²) in [6, 6.07) is 0.